The predicted molar refractivity (Wildman–Crippen MR) is 127 cm³/mol. The first-order chi connectivity index (χ1) is 14.4. The van der Waals surface area contributed by atoms with Crippen LogP contribution in [0.3, 0.4) is 0 Å². The lowest BCUT2D eigenvalue weighted by atomic mass is 9.78. The zero-order chi connectivity index (χ0) is 23.1. The molecular formula is C25H33N3O2S. The van der Waals surface area contributed by atoms with Gasteiger partial charge in [0.1, 0.15) is 10.8 Å². The Balaban J connectivity index is 2.15. The van der Waals surface area contributed by atoms with Gasteiger partial charge in [0.15, 0.2) is 12.3 Å². The first-order valence-corrected chi connectivity index (χ1v) is 11.4. The Morgan fingerprint density at radius 1 is 1.03 bits per heavy atom. The van der Waals surface area contributed by atoms with Crippen molar-refractivity contribution in [3.8, 4) is 16.3 Å². The summed E-state index contributed by atoms with van der Waals surface area (Å²) < 4.78 is 7.63. The number of ether oxygens (including phenoxy) is 1. The van der Waals surface area contributed by atoms with Crippen molar-refractivity contribution in [3.05, 3.63) is 51.8 Å². The van der Waals surface area contributed by atoms with Gasteiger partial charge in [-0.25, -0.2) is 4.98 Å². The van der Waals surface area contributed by atoms with Crippen molar-refractivity contribution in [1.82, 2.24) is 14.8 Å². The van der Waals surface area contributed by atoms with Crippen LogP contribution >= 0.6 is 11.3 Å². The highest BCUT2D eigenvalue weighted by Gasteiger charge is 2.28. The summed E-state index contributed by atoms with van der Waals surface area (Å²) in [7, 11) is 1.74. The molecule has 0 bridgehead atoms. The minimum Gasteiger partial charge on any atom is -0.496 e. The standard InChI is InChI=1S/C25H33N3O2S/c1-15-10-16(2)28(27-15)21(13-29)20-14-31-23(26-20)17-11-18(24(3,4)5)22(30-9)19(12-17)25(6,7)8/h10-14,21H,1-9H3. The van der Waals surface area contributed by atoms with Crippen LogP contribution < -0.4 is 4.74 Å². The third-order valence-corrected chi connectivity index (χ3v) is 6.33. The van der Waals surface area contributed by atoms with E-state index in [2.05, 4.69) is 58.8 Å². The third-order valence-electron chi connectivity index (χ3n) is 5.42. The van der Waals surface area contributed by atoms with Gasteiger partial charge in [0.25, 0.3) is 0 Å². The van der Waals surface area contributed by atoms with Crippen LogP contribution in [0, 0.1) is 13.8 Å². The number of nitrogens with zero attached hydrogens (tertiary/aromatic N) is 3. The zero-order valence-corrected chi connectivity index (χ0v) is 20.8. The van der Waals surface area contributed by atoms with Crippen LogP contribution in [0.25, 0.3) is 10.6 Å². The lowest BCUT2D eigenvalue weighted by molar-refractivity contribution is -0.109. The van der Waals surface area contributed by atoms with Crippen LogP contribution in [0.15, 0.2) is 23.6 Å². The fourth-order valence-corrected chi connectivity index (χ4v) is 4.66. The van der Waals surface area contributed by atoms with Crippen LogP contribution in [0.4, 0.5) is 0 Å². The molecule has 166 valence electrons. The molecule has 0 aliphatic rings. The second-order valence-electron chi connectivity index (χ2n) is 10.1. The molecule has 1 aromatic carbocycles. The number of thiazole rings is 1. The molecule has 1 unspecified atom stereocenters. The number of aldehydes is 1. The van der Waals surface area contributed by atoms with E-state index in [4.69, 9.17) is 9.72 Å². The Kier molecular flexibility index (Phi) is 6.16. The number of carbonyl (C=O) groups excluding carboxylic acids is 1. The number of hydrogen-bond acceptors (Lipinski definition) is 5. The second kappa shape index (κ2) is 8.23. The maximum atomic E-state index is 12.0. The summed E-state index contributed by atoms with van der Waals surface area (Å²) in [5, 5.41) is 7.34. The average molecular weight is 440 g/mol. The van der Waals surface area contributed by atoms with E-state index in [1.807, 2.05) is 25.3 Å². The SMILES string of the molecule is COc1c(C(C)(C)C)cc(-c2nc(C(C=O)n3nc(C)cc3C)cs2)cc1C(C)(C)C. The molecule has 0 amide bonds. The largest absolute Gasteiger partial charge is 0.496 e. The molecule has 0 spiro atoms. The van der Waals surface area contributed by atoms with Crippen molar-refractivity contribution in [2.45, 2.75) is 72.3 Å². The Morgan fingerprint density at radius 3 is 2.03 bits per heavy atom. The highest BCUT2D eigenvalue weighted by Crippen LogP contribution is 2.43. The van der Waals surface area contributed by atoms with Gasteiger partial charge in [-0.1, -0.05) is 41.5 Å². The summed E-state index contributed by atoms with van der Waals surface area (Å²) in [6, 6.07) is 5.80. The van der Waals surface area contributed by atoms with E-state index in [9.17, 15) is 4.79 Å². The van der Waals surface area contributed by atoms with Crippen molar-refractivity contribution < 1.29 is 9.53 Å². The highest BCUT2D eigenvalue weighted by atomic mass is 32.1. The van der Waals surface area contributed by atoms with Gasteiger partial charge in [-0.3, -0.25) is 4.68 Å². The van der Waals surface area contributed by atoms with Crippen molar-refractivity contribution >= 4 is 17.6 Å². The Labute approximate surface area is 189 Å². The number of carbonyl (C=O) groups is 1. The normalized spacial score (nSPS) is 13.3. The van der Waals surface area contributed by atoms with Crippen molar-refractivity contribution in [3.63, 3.8) is 0 Å². The molecule has 31 heavy (non-hydrogen) atoms. The first-order valence-electron chi connectivity index (χ1n) is 10.5. The molecule has 2 heterocycles. The molecule has 2 aromatic heterocycles. The maximum absolute atomic E-state index is 12.0. The van der Waals surface area contributed by atoms with Gasteiger partial charge in [0.05, 0.1) is 18.5 Å². The number of methoxy groups -OCH3 is 1. The van der Waals surface area contributed by atoms with E-state index in [-0.39, 0.29) is 10.8 Å². The van der Waals surface area contributed by atoms with Gasteiger partial charge in [-0.2, -0.15) is 5.10 Å². The smallest absolute Gasteiger partial charge is 0.150 e. The van der Waals surface area contributed by atoms with E-state index >= 15 is 0 Å². The maximum Gasteiger partial charge on any atom is 0.150 e. The zero-order valence-electron chi connectivity index (χ0n) is 20.0. The fourth-order valence-electron chi connectivity index (χ4n) is 3.82. The van der Waals surface area contributed by atoms with E-state index in [0.29, 0.717) is 5.69 Å². The molecule has 6 heteroatoms. The fraction of sp³-hybridized carbons (Fsp3) is 0.480. The molecule has 0 saturated carbocycles. The number of aromatic nitrogens is 3. The van der Waals surface area contributed by atoms with Crippen molar-refractivity contribution in [2.75, 3.05) is 7.11 Å². The summed E-state index contributed by atoms with van der Waals surface area (Å²) in [6.45, 7) is 17.0. The van der Waals surface area contributed by atoms with Gasteiger partial charge in [-0.05, 0) is 42.9 Å². The summed E-state index contributed by atoms with van der Waals surface area (Å²) in [4.78, 5) is 16.8. The number of hydrogen-bond donors (Lipinski definition) is 0. The molecule has 5 nitrogen and oxygen atoms in total. The van der Waals surface area contributed by atoms with Crippen LogP contribution in [-0.2, 0) is 15.6 Å². The predicted octanol–water partition coefficient (Wildman–Crippen LogP) is 6.02. The molecular weight excluding hydrogens is 406 g/mol. The van der Waals surface area contributed by atoms with E-state index in [1.165, 1.54) is 0 Å². The number of benzene rings is 1. The van der Waals surface area contributed by atoms with Crippen molar-refractivity contribution in [1.29, 1.82) is 0 Å². The first kappa shape index (κ1) is 23.2. The molecule has 0 aliphatic carbocycles. The lowest BCUT2D eigenvalue weighted by Gasteiger charge is -2.29. The Morgan fingerprint density at radius 2 is 1.61 bits per heavy atom. The van der Waals surface area contributed by atoms with Crippen molar-refractivity contribution in [2.24, 2.45) is 0 Å². The van der Waals surface area contributed by atoms with Gasteiger partial charge in [0.2, 0.25) is 0 Å². The summed E-state index contributed by atoms with van der Waals surface area (Å²) in [6.07, 6.45) is 0.910. The molecule has 0 N–H and O–H groups in total. The summed E-state index contributed by atoms with van der Waals surface area (Å²) >= 11 is 1.55. The molecule has 0 fully saturated rings. The van der Waals surface area contributed by atoms with Crippen LogP contribution in [0.1, 0.15) is 75.8 Å². The van der Waals surface area contributed by atoms with Crippen LogP contribution in [-0.4, -0.2) is 28.2 Å². The highest BCUT2D eigenvalue weighted by molar-refractivity contribution is 7.13. The van der Waals surface area contributed by atoms with E-state index in [1.54, 1.807) is 23.1 Å². The molecule has 3 rings (SSSR count). The van der Waals surface area contributed by atoms with Gasteiger partial charge in [-0.15, -0.1) is 11.3 Å². The summed E-state index contributed by atoms with van der Waals surface area (Å²) in [5.74, 6) is 0.939. The van der Waals surface area contributed by atoms with Gasteiger partial charge >= 0.3 is 0 Å². The van der Waals surface area contributed by atoms with E-state index < -0.39 is 6.04 Å². The number of aryl methyl sites for hydroxylation is 2. The molecule has 1 atom stereocenters. The second-order valence-corrected chi connectivity index (χ2v) is 11.0. The number of rotatable bonds is 5. The molecule has 0 radical (unpaired) electrons. The Hall–Kier alpha value is -2.47. The molecule has 0 saturated heterocycles. The minimum absolute atomic E-state index is 0.0868. The van der Waals surface area contributed by atoms with Crippen LogP contribution in [0.2, 0.25) is 0 Å². The quantitative estimate of drug-likeness (QED) is 0.457. The molecule has 0 aliphatic heterocycles. The van der Waals surface area contributed by atoms with Gasteiger partial charge < -0.3 is 9.53 Å². The topological polar surface area (TPSA) is 57.0 Å². The third kappa shape index (κ3) is 4.59. The summed E-state index contributed by atoms with van der Waals surface area (Å²) in [5.41, 5.74) is 5.72. The lowest BCUT2D eigenvalue weighted by Crippen LogP contribution is -2.19. The average Bonchev–Trinajstić information content (AvgIpc) is 3.27. The van der Waals surface area contributed by atoms with E-state index in [0.717, 1.165) is 45.1 Å². The van der Waals surface area contributed by atoms with Gasteiger partial charge in [0, 0.05) is 27.8 Å². The Bertz CT molecular complexity index is 1060. The minimum atomic E-state index is -0.527. The monoisotopic (exact) mass is 439 g/mol. The van der Waals surface area contributed by atoms with Crippen LogP contribution in [0.5, 0.6) is 5.75 Å². The molecule has 3 aromatic rings.